The molecule has 0 aliphatic heterocycles. The zero-order valence-corrected chi connectivity index (χ0v) is 12.5. The normalized spacial score (nSPS) is 12.4. The summed E-state index contributed by atoms with van der Waals surface area (Å²) in [6, 6.07) is 11.9. The molecule has 1 N–H and O–H groups in total. The van der Waals surface area contributed by atoms with E-state index >= 15 is 0 Å². The van der Waals surface area contributed by atoms with E-state index in [9.17, 15) is 8.78 Å². The molecule has 2 aromatic rings. The van der Waals surface area contributed by atoms with Crippen molar-refractivity contribution in [1.82, 2.24) is 5.32 Å². The predicted molar refractivity (Wildman–Crippen MR) is 82.3 cm³/mol. The number of hydrogen-bond acceptors (Lipinski definition) is 1. The maximum Gasteiger partial charge on any atom is 0.126 e. The maximum atomic E-state index is 13.8. The summed E-state index contributed by atoms with van der Waals surface area (Å²) in [5, 5.41) is 3.42. The minimum atomic E-state index is -0.209. The van der Waals surface area contributed by atoms with Gasteiger partial charge in [0.25, 0.3) is 0 Å². The number of rotatable bonds is 6. The lowest BCUT2D eigenvalue weighted by Crippen LogP contribution is -2.24. The third-order valence-corrected chi connectivity index (χ3v) is 3.61. The molecule has 0 amide bonds. The average molecular weight is 289 g/mol. The van der Waals surface area contributed by atoms with Crippen LogP contribution in [0.5, 0.6) is 0 Å². The minimum absolute atomic E-state index is 0.0128. The first-order valence-electron chi connectivity index (χ1n) is 7.34. The van der Waals surface area contributed by atoms with Crippen LogP contribution in [-0.2, 0) is 6.42 Å². The van der Waals surface area contributed by atoms with Crippen LogP contribution in [0.3, 0.4) is 0 Å². The van der Waals surface area contributed by atoms with Gasteiger partial charge in [-0.15, -0.1) is 0 Å². The molecule has 1 unspecified atom stereocenters. The van der Waals surface area contributed by atoms with Crippen LogP contribution in [0.25, 0.3) is 0 Å². The van der Waals surface area contributed by atoms with Gasteiger partial charge in [-0.2, -0.15) is 0 Å². The lowest BCUT2D eigenvalue weighted by molar-refractivity contribution is 0.511. The minimum Gasteiger partial charge on any atom is -0.310 e. The second-order valence-electron chi connectivity index (χ2n) is 5.31. The zero-order chi connectivity index (χ0) is 15.2. The number of benzene rings is 2. The van der Waals surface area contributed by atoms with Crippen molar-refractivity contribution in [2.75, 3.05) is 6.54 Å². The van der Waals surface area contributed by atoms with Crippen LogP contribution >= 0.6 is 0 Å². The van der Waals surface area contributed by atoms with E-state index < -0.39 is 0 Å². The Hall–Kier alpha value is -1.74. The highest BCUT2D eigenvalue weighted by Gasteiger charge is 2.14. The van der Waals surface area contributed by atoms with E-state index in [1.807, 2.05) is 12.1 Å². The Morgan fingerprint density at radius 3 is 2.48 bits per heavy atom. The summed E-state index contributed by atoms with van der Waals surface area (Å²) < 4.78 is 27.3. The van der Waals surface area contributed by atoms with Gasteiger partial charge in [-0.05, 0) is 55.1 Å². The summed E-state index contributed by atoms with van der Waals surface area (Å²) in [7, 11) is 0. The van der Waals surface area contributed by atoms with E-state index in [4.69, 9.17) is 0 Å². The molecule has 0 heterocycles. The molecule has 1 nitrogen and oxygen atoms in total. The largest absolute Gasteiger partial charge is 0.310 e. The molecule has 0 aliphatic rings. The molecular weight excluding hydrogens is 268 g/mol. The Morgan fingerprint density at radius 1 is 1.05 bits per heavy atom. The summed E-state index contributed by atoms with van der Waals surface area (Å²) in [5.41, 5.74) is 2.28. The number of aryl methyl sites for hydroxylation is 1. The molecule has 112 valence electrons. The van der Waals surface area contributed by atoms with E-state index in [1.165, 1.54) is 12.1 Å². The second-order valence-corrected chi connectivity index (χ2v) is 5.31. The first-order valence-corrected chi connectivity index (χ1v) is 7.34. The fraction of sp³-hybridized carbons (Fsp3) is 0.333. The second kappa shape index (κ2) is 7.32. The van der Waals surface area contributed by atoms with Crippen molar-refractivity contribution in [3.63, 3.8) is 0 Å². The van der Waals surface area contributed by atoms with Crippen molar-refractivity contribution in [3.05, 3.63) is 70.8 Å². The van der Waals surface area contributed by atoms with Crippen LogP contribution in [-0.4, -0.2) is 6.54 Å². The van der Waals surface area contributed by atoms with E-state index in [0.29, 0.717) is 17.5 Å². The van der Waals surface area contributed by atoms with Gasteiger partial charge in [0, 0.05) is 6.04 Å². The number of halogens is 2. The zero-order valence-electron chi connectivity index (χ0n) is 12.5. The average Bonchev–Trinajstić information content (AvgIpc) is 2.48. The van der Waals surface area contributed by atoms with Gasteiger partial charge >= 0.3 is 0 Å². The summed E-state index contributed by atoms with van der Waals surface area (Å²) in [5.74, 6) is -0.404. The highest BCUT2D eigenvalue weighted by Crippen LogP contribution is 2.22. The summed E-state index contributed by atoms with van der Waals surface area (Å²) in [6.07, 6.45) is 1.55. The van der Waals surface area contributed by atoms with Crippen molar-refractivity contribution in [3.8, 4) is 0 Å². The monoisotopic (exact) mass is 289 g/mol. The van der Waals surface area contributed by atoms with Gasteiger partial charge in [0.15, 0.2) is 0 Å². The standard InChI is InChI=1S/C18H21F2N/c1-3-10-21-18(12-14-6-4-5-7-17(14)20)15-8-9-16(19)13(2)11-15/h4-9,11,18,21H,3,10,12H2,1-2H3. The first-order chi connectivity index (χ1) is 10.1. The van der Waals surface area contributed by atoms with Crippen LogP contribution in [0.15, 0.2) is 42.5 Å². The number of nitrogens with one attached hydrogen (secondary N) is 1. The molecule has 21 heavy (non-hydrogen) atoms. The van der Waals surface area contributed by atoms with E-state index in [-0.39, 0.29) is 17.7 Å². The van der Waals surface area contributed by atoms with E-state index in [1.54, 1.807) is 25.1 Å². The molecule has 3 heteroatoms. The Kier molecular flexibility index (Phi) is 5.45. The maximum absolute atomic E-state index is 13.8. The van der Waals surface area contributed by atoms with Gasteiger partial charge in [-0.1, -0.05) is 37.3 Å². The van der Waals surface area contributed by atoms with Crippen LogP contribution < -0.4 is 5.32 Å². The van der Waals surface area contributed by atoms with Crippen LogP contribution in [0.1, 0.15) is 36.1 Å². The van der Waals surface area contributed by atoms with Crippen molar-refractivity contribution >= 4 is 0 Å². The summed E-state index contributed by atoms with van der Waals surface area (Å²) in [4.78, 5) is 0. The smallest absolute Gasteiger partial charge is 0.126 e. The molecule has 0 spiro atoms. The molecule has 0 aliphatic carbocycles. The van der Waals surface area contributed by atoms with Crippen molar-refractivity contribution < 1.29 is 8.78 Å². The SMILES string of the molecule is CCCNC(Cc1ccccc1F)c1ccc(F)c(C)c1. The fourth-order valence-corrected chi connectivity index (χ4v) is 2.39. The molecule has 0 bridgehead atoms. The van der Waals surface area contributed by atoms with Gasteiger partial charge in [-0.25, -0.2) is 8.78 Å². The predicted octanol–water partition coefficient (Wildman–Crippen LogP) is 4.56. The molecule has 2 aromatic carbocycles. The first kappa shape index (κ1) is 15.6. The van der Waals surface area contributed by atoms with Crippen LogP contribution in [0.2, 0.25) is 0 Å². The lowest BCUT2D eigenvalue weighted by atomic mass is 9.97. The van der Waals surface area contributed by atoms with Gasteiger partial charge in [0.1, 0.15) is 11.6 Å². The molecule has 1 atom stereocenters. The molecule has 2 rings (SSSR count). The summed E-state index contributed by atoms with van der Waals surface area (Å²) in [6.45, 7) is 4.68. The van der Waals surface area contributed by atoms with E-state index in [2.05, 4.69) is 12.2 Å². The van der Waals surface area contributed by atoms with Gasteiger partial charge < -0.3 is 5.32 Å². The molecular formula is C18H21F2N. The third kappa shape index (κ3) is 4.11. The Morgan fingerprint density at radius 2 is 1.81 bits per heavy atom. The van der Waals surface area contributed by atoms with Crippen molar-refractivity contribution in [2.45, 2.75) is 32.7 Å². The van der Waals surface area contributed by atoms with Gasteiger partial charge in [0.05, 0.1) is 0 Å². The van der Waals surface area contributed by atoms with Gasteiger partial charge in [0.2, 0.25) is 0 Å². The highest BCUT2D eigenvalue weighted by atomic mass is 19.1. The van der Waals surface area contributed by atoms with E-state index in [0.717, 1.165) is 18.5 Å². The summed E-state index contributed by atoms with van der Waals surface area (Å²) >= 11 is 0. The topological polar surface area (TPSA) is 12.0 Å². The number of hydrogen-bond donors (Lipinski definition) is 1. The van der Waals surface area contributed by atoms with Crippen LogP contribution in [0.4, 0.5) is 8.78 Å². The Labute approximate surface area is 125 Å². The molecule has 0 aromatic heterocycles. The Balaban J connectivity index is 2.25. The highest BCUT2D eigenvalue weighted by molar-refractivity contribution is 5.29. The third-order valence-electron chi connectivity index (χ3n) is 3.61. The molecule has 0 saturated carbocycles. The fourth-order valence-electron chi connectivity index (χ4n) is 2.39. The van der Waals surface area contributed by atoms with Crippen LogP contribution in [0, 0.1) is 18.6 Å². The van der Waals surface area contributed by atoms with Gasteiger partial charge in [-0.3, -0.25) is 0 Å². The molecule has 0 fully saturated rings. The lowest BCUT2D eigenvalue weighted by Gasteiger charge is -2.20. The quantitative estimate of drug-likeness (QED) is 0.822. The molecule has 0 saturated heterocycles. The Bertz CT molecular complexity index is 596. The van der Waals surface area contributed by atoms with Crippen molar-refractivity contribution in [1.29, 1.82) is 0 Å². The molecule has 0 radical (unpaired) electrons. The van der Waals surface area contributed by atoms with Crippen molar-refractivity contribution in [2.24, 2.45) is 0 Å².